The number of hydrogen-bond acceptors (Lipinski definition) is 2. The number of fused-ring (bicyclic) bond motifs is 2. The zero-order valence-electron chi connectivity index (χ0n) is 8.18. The van der Waals surface area contributed by atoms with Crippen molar-refractivity contribution in [2.45, 2.75) is 33.1 Å². The Morgan fingerprint density at radius 3 is 2.69 bits per heavy atom. The van der Waals surface area contributed by atoms with Crippen LogP contribution in [0.4, 0.5) is 0 Å². The molecule has 2 atom stereocenters. The van der Waals surface area contributed by atoms with E-state index in [1.165, 1.54) is 12.8 Å². The highest BCUT2D eigenvalue weighted by molar-refractivity contribution is 9.09. The first-order chi connectivity index (χ1) is 6.08. The molecule has 74 valence electrons. The Bertz CT molecular complexity index is 262. The number of halogens is 1. The molecule has 0 aliphatic heterocycles. The van der Waals surface area contributed by atoms with E-state index in [1.807, 2.05) is 0 Å². The molecule has 0 radical (unpaired) electrons. The Morgan fingerprint density at radius 2 is 2.31 bits per heavy atom. The van der Waals surface area contributed by atoms with Crippen molar-refractivity contribution < 1.29 is 5.21 Å². The van der Waals surface area contributed by atoms with Crippen LogP contribution in [0.3, 0.4) is 0 Å². The summed E-state index contributed by atoms with van der Waals surface area (Å²) in [5.74, 6) is 0.718. The molecule has 0 heterocycles. The third-order valence-corrected chi connectivity index (χ3v) is 5.47. The fourth-order valence-corrected chi connectivity index (χ4v) is 4.58. The van der Waals surface area contributed by atoms with Crippen LogP contribution in [0, 0.1) is 16.7 Å². The number of rotatable bonds is 1. The summed E-state index contributed by atoms with van der Waals surface area (Å²) in [4.78, 5) is 0. The smallest absolute Gasteiger partial charge is 0.0649 e. The SMILES string of the molecule is CC1(C)C2CCC1(CBr)C(=NO)C2. The van der Waals surface area contributed by atoms with Crippen LogP contribution in [-0.2, 0) is 0 Å². The Kier molecular flexibility index (Phi) is 1.99. The van der Waals surface area contributed by atoms with Gasteiger partial charge in [0.15, 0.2) is 0 Å². The Morgan fingerprint density at radius 1 is 1.62 bits per heavy atom. The summed E-state index contributed by atoms with van der Waals surface area (Å²) in [5.41, 5.74) is 1.45. The average molecular weight is 246 g/mol. The summed E-state index contributed by atoms with van der Waals surface area (Å²) in [5, 5.41) is 13.4. The molecule has 0 saturated heterocycles. The molecule has 0 aromatic rings. The minimum absolute atomic E-state index is 0.131. The first-order valence-corrected chi connectivity index (χ1v) is 5.98. The lowest BCUT2D eigenvalue weighted by Gasteiger charge is -2.36. The van der Waals surface area contributed by atoms with Gasteiger partial charge in [0, 0.05) is 10.7 Å². The largest absolute Gasteiger partial charge is 0.411 e. The lowest BCUT2D eigenvalue weighted by atomic mass is 9.70. The van der Waals surface area contributed by atoms with E-state index in [9.17, 15) is 0 Å². The molecule has 0 aromatic carbocycles. The predicted molar refractivity (Wildman–Crippen MR) is 56.6 cm³/mol. The van der Waals surface area contributed by atoms with Gasteiger partial charge in [-0.05, 0) is 30.6 Å². The quantitative estimate of drug-likeness (QED) is 0.430. The van der Waals surface area contributed by atoms with E-state index in [0.29, 0.717) is 5.41 Å². The third kappa shape index (κ3) is 0.915. The van der Waals surface area contributed by atoms with Gasteiger partial charge in [0.05, 0.1) is 5.71 Å². The van der Waals surface area contributed by atoms with Crippen LogP contribution in [0.15, 0.2) is 5.16 Å². The number of nitrogens with zero attached hydrogens (tertiary/aromatic N) is 1. The maximum Gasteiger partial charge on any atom is 0.0649 e. The van der Waals surface area contributed by atoms with Crippen molar-refractivity contribution in [3.63, 3.8) is 0 Å². The van der Waals surface area contributed by atoms with Crippen LogP contribution in [0.1, 0.15) is 33.1 Å². The maximum absolute atomic E-state index is 8.98. The second-order valence-corrected chi connectivity index (χ2v) is 5.48. The molecule has 2 rings (SSSR count). The van der Waals surface area contributed by atoms with E-state index in [0.717, 1.165) is 23.4 Å². The molecule has 2 nitrogen and oxygen atoms in total. The van der Waals surface area contributed by atoms with Gasteiger partial charge >= 0.3 is 0 Å². The molecule has 2 bridgehead atoms. The summed E-state index contributed by atoms with van der Waals surface area (Å²) in [7, 11) is 0. The highest BCUT2D eigenvalue weighted by atomic mass is 79.9. The lowest BCUT2D eigenvalue weighted by Crippen LogP contribution is -2.37. The number of alkyl halides is 1. The molecule has 0 amide bonds. The van der Waals surface area contributed by atoms with Gasteiger partial charge in [-0.1, -0.05) is 34.9 Å². The molecule has 2 saturated carbocycles. The van der Waals surface area contributed by atoms with Crippen molar-refractivity contribution in [2.24, 2.45) is 21.9 Å². The van der Waals surface area contributed by atoms with Crippen LogP contribution >= 0.6 is 15.9 Å². The minimum atomic E-state index is 0.131. The minimum Gasteiger partial charge on any atom is -0.411 e. The average Bonchev–Trinajstić information content (AvgIpc) is 2.50. The van der Waals surface area contributed by atoms with Crippen LogP contribution in [-0.4, -0.2) is 16.2 Å². The Labute approximate surface area is 87.5 Å². The molecule has 1 N–H and O–H groups in total. The monoisotopic (exact) mass is 245 g/mol. The van der Waals surface area contributed by atoms with E-state index in [4.69, 9.17) is 5.21 Å². The number of oxime groups is 1. The van der Waals surface area contributed by atoms with Crippen molar-refractivity contribution in [1.82, 2.24) is 0 Å². The normalized spacial score (nSPS) is 44.5. The van der Waals surface area contributed by atoms with Crippen molar-refractivity contribution in [3.8, 4) is 0 Å². The molecular weight excluding hydrogens is 230 g/mol. The van der Waals surface area contributed by atoms with E-state index in [1.54, 1.807) is 0 Å². The number of hydrogen-bond donors (Lipinski definition) is 1. The standard InChI is InChI=1S/C10H16BrNO/c1-9(2)7-3-4-10(9,6-11)8(5-7)12-13/h7,13H,3-6H2,1-2H3. The fraction of sp³-hybridized carbons (Fsp3) is 0.900. The highest BCUT2D eigenvalue weighted by Gasteiger charge is 2.62. The van der Waals surface area contributed by atoms with Gasteiger partial charge in [-0.3, -0.25) is 0 Å². The molecule has 3 heteroatoms. The van der Waals surface area contributed by atoms with Gasteiger partial charge in [0.2, 0.25) is 0 Å². The zero-order valence-corrected chi connectivity index (χ0v) is 9.76. The Hall–Kier alpha value is -0.0500. The van der Waals surface area contributed by atoms with E-state index in [2.05, 4.69) is 34.9 Å². The highest BCUT2D eigenvalue weighted by Crippen LogP contribution is 2.64. The van der Waals surface area contributed by atoms with Crippen molar-refractivity contribution in [1.29, 1.82) is 0 Å². The third-order valence-electron chi connectivity index (χ3n) is 4.51. The zero-order chi connectivity index (χ0) is 9.69. The van der Waals surface area contributed by atoms with E-state index >= 15 is 0 Å². The van der Waals surface area contributed by atoms with Crippen LogP contribution < -0.4 is 0 Å². The lowest BCUT2D eigenvalue weighted by molar-refractivity contribution is 0.196. The van der Waals surface area contributed by atoms with Gasteiger partial charge in [-0.25, -0.2) is 0 Å². The summed E-state index contributed by atoms with van der Waals surface area (Å²) in [6.45, 7) is 4.62. The topological polar surface area (TPSA) is 32.6 Å². The van der Waals surface area contributed by atoms with Crippen molar-refractivity contribution in [2.75, 3.05) is 5.33 Å². The summed E-state index contributed by atoms with van der Waals surface area (Å²) in [6, 6.07) is 0. The predicted octanol–water partition coefficient (Wildman–Crippen LogP) is 3.04. The van der Waals surface area contributed by atoms with Crippen LogP contribution in [0.2, 0.25) is 0 Å². The van der Waals surface area contributed by atoms with Gasteiger partial charge < -0.3 is 5.21 Å². The molecule has 0 aromatic heterocycles. The van der Waals surface area contributed by atoms with Gasteiger partial charge in [-0.2, -0.15) is 0 Å². The Balaban J connectivity index is 2.47. The molecule has 2 aliphatic rings. The summed E-state index contributed by atoms with van der Waals surface area (Å²) < 4.78 is 0. The summed E-state index contributed by atoms with van der Waals surface area (Å²) in [6.07, 6.45) is 3.46. The first-order valence-electron chi connectivity index (χ1n) is 4.86. The van der Waals surface area contributed by atoms with Crippen molar-refractivity contribution in [3.05, 3.63) is 0 Å². The van der Waals surface area contributed by atoms with Crippen LogP contribution in [0.25, 0.3) is 0 Å². The second kappa shape index (κ2) is 2.72. The van der Waals surface area contributed by atoms with Gasteiger partial charge in [0.1, 0.15) is 0 Å². The molecule has 2 aliphatic carbocycles. The molecule has 2 unspecified atom stereocenters. The van der Waals surface area contributed by atoms with Crippen molar-refractivity contribution >= 4 is 21.6 Å². The molecule has 13 heavy (non-hydrogen) atoms. The fourth-order valence-electron chi connectivity index (χ4n) is 3.25. The van der Waals surface area contributed by atoms with E-state index in [-0.39, 0.29) is 5.41 Å². The van der Waals surface area contributed by atoms with E-state index < -0.39 is 0 Å². The first kappa shape index (κ1) is 9.50. The van der Waals surface area contributed by atoms with Crippen LogP contribution in [0.5, 0.6) is 0 Å². The molecule has 0 spiro atoms. The van der Waals surface area contributed by atoms with Gasteiger partial charge in [0.25, 0.3) is 0 Å². The molecule has 2 fully saturated rings. The van der Waals surface area contributed by atoms with Gasteiger partial charge in [-0.15, -0.1) is 0 Å². The second-order valence-electron chi connectivity index (χ2n) is 4.92. The maximum atomic E-state index is 8.98. The summed E-state index contributed by atoms with van der Waals surface area (Å²) >= 11 is 3.59. The molecular formula is C10H16BrNO.